The van der Waals surface area contributed by atoms with Gasteiger partial charge in [-0.05, 0) is 31.2 Å². The zero-order valence-electron chi connectivity index (χ0n) is 15.4. The van der Waals surface area contributed by atoms with Crippen molar-refractivity contribution < 1.29 is 14.0 Å². The van der Waals surface area contributed by atoms with Gasteiger partial charge < -0.3 is 5.32 Å². The number of nitrogens with zero attached hydrogens (tertiary/aromatic N) is 2. The van der Waals surface area contributed by atoms with Crippen LogP contribution in [-0.2, 0) is 4.79 Å². The van der Waals surface area contributed by atoms with E-state index in [2.05, 4.69) is 15.3 Å². The summed E-state index contributed by atoms with van der Waals surface area (Å²) in [5, 5.41) is 2.94. The van der Waals surface area contributed by atoms with Gasteiger partial charge in [-0.15, -0.1) is 0 Å². The summed E-state index contributed by atoms with van der Waals surface area (Å²) in [5.74, 6) is -1.34. The largest absolute Gasteiger partial charge is 0.326 e. The van der Waals surface area contributed by atoms with Crippen molar-refractivity contribution in [3.8, 4) is 11.3 Å². The summed E-state index contributed by atoms with van der Waals surface area (Å²) in [5.41, 5.74) is 2.80. The molecule has 0 aliphatic carbocycles. The second-order valence-corrected chi connectivity index (χ2v) is 7.07. The molecule has 3 rings (SSSR count). The predicted octanol–water partition coefficient (Wildman–Crippen LogP) is 4.52. The molecule has 142 valence electrons. The van der Waals surface area contributed by atoms with E-state index < -0.39 is 5.82 Å². The molecule has 1 heterocycles. The second-order valence-electron chi connectivity index (χ2n) is 6.13. The van der Waals surface area contributed by atoms with Crippen molar-refractivity contribution in [1.82, 2.24) is 9.97 Å². The van der Waals surface area contributed by atoms with Crippen molar-refractivity contribution in [3.05, 3.63) is 71.7 Å². The van der Waals surface area contributed by atoms with Gasteiger partial charge in [0.15, 0.2) is 10.9 Å². The number of anilines is 1. The molecule has 1 N–H and O–H groups in total. The number of thioether (sulfide) groups is 1. The minimum absolute atomic E-state index is 0.00802. The third-order valence-electron chi connectivity index (χ3n) is 3.83. The number of amides is 1. The molecular weight excluding hydrogens is 377 g/mol. The molecule has 0 atom stereocenters. The van der Waals surface area contributed by atoms with Crippen molar-refractivity contribution in [2.45, 2.75) is 19.0 Å². The van der Waals surface area contributed by atoms with Gasteiger partial charge in [0.1, 0.15) is 5.82 Å². The van der Waals surface area contributed by atoms with Crippen molar-refractivity contribution in [2.75, 3.05) is 11.1 Å². The summed E-state index contributed by atoms with van der Waals surface area (Å²) in [4.78, 5) is 32.3. The number of hydrogen-bond donors (Lipinski definition) is 1. The minimum atomic E-state index is -0.674. The number of aromatic nitrogens is 2. The molecule has 0 fully saturated rings. The molecule has 5 nitrogen and oxygen atoms in total. The van der Waals surface area contributed by atoms with Crippen LogP contribution in [0.1, 0.15) is 23.0 Å². The summed E-state index contributed by atoms with van der Waals surface area (Å²) < 4.78 is 14.2. The Bertz CT molecular complexity index is 1030. The Hall–Kier alpha value is -3.06. The lowest BCUT2D eigenvalue weighted by atomic mass is 10.1. The first-order valence-electron chi connectivity index (χ1n) is 8.56. The van der Waals surface area contributed by atoms with E-state index in [1.54, 1.807) is 0 Å². The average molecular weight is 395 g/mol. The SMILES string of the molecule is CC(=O)Nc1ccc(C(=O)CSc2nc(C)cc(-c3ccccc3)n2)c(F)c1. The van der Waals surface area contributed by atoms with Gasteiger partial charge in [0.05, 0.1) is 17.0 Å². The van der Waals surface area contributed by atoms with Crippen LogP contribution in [0.3, 0.4) is 0 Å². The van der Waals surface area contributed by atoms with E-state index in [-0.39, 0.29) is 23.0 Å². The monoisotopic (exact) mass is 395 g/mol. The molecular formula is C21H18FN3O2S. The average Bonchev–Trinajstić information content (AvgIpc) is 2.66. The Morgan fingerprint density at radius 2 is 1.82 bits per heavy atom. The maximum absolute atomic E-state index is 14.2. The first kappa shape index (κ1) is 19.7. The normalized spacial score (nSPS) is 10.5. The van der Waals surface area contributed by atoms with Gasteiger partial charge in [-0.3, -0.25) is 9.59 Å². The van der Waals surface area contributed by atoms with Crippen LogP contribution in [-0.4, -0.2) is 27.4 Å². The summed E-state index contributed by atoms with van der Waals surface area (Å²) >= 11 is 1.16. The van der Waals surface area contributed by atoms with Gasteiger partial charge in [0.2, 0.25) is 5.91 Å². The second kappa shape index (κ2) is 8.75. The lowest BCUT2D eigenvalue weighted by Crippen LogP contribution is -2.09. The fraction of sp³-hybridized carbons (Fsp3) is 0.143. The van der Waals surface area contributed by atoms with Crippen molar-refractivity contribution in [2.24, 2.45) is 0 Å². The lowest BCUT2D eigenvalue weighted by molar-refractivity contribution is -0.114. The fourth-order valence-electron chi connectivity index (χ4n) is 2.59. The Balaban J connectivity index is 1.73. The molecule has 1 aromatic heterocycles. The molecule has 0 aliphatic heterocycles. The van der Waals surface area contributed by atoms with E-state index in [1.807, 2.05) is 43.3 Å². The standard InChI is InChI=1S/C21H18FN3O2S/c1-13-10-19(15-6-4-3-5-7-15)25-21(23-13)28-12-20(27)17-9-8-16(11-18(17)22)24-14(2)26/h3-11H,12H2,1-2H3,(H,24,26). The van der Waals surface area contributed by atoms with Crippen LogP contribution in [0.15, 0.2) is 59.8 Å². The zero-order valence-corrected chi connectivity index (χ0v) is 16.2. The van der Waals surface area contributed by atoms with Crippen LogP contribution < -0.4 is 5.32 Å². The molecule has 0 saturated heterocycles. The van der Waals surface area contributed by atoms with E-state index in [1.165, 1.54) is 19.1 Å². The van der Waals surface area contributed by atoms with Gasteiger partial charge in [-0.25, -0.2) is 14.4 Å². The van der Waals surface area contributed by atoms with Gasteiger partial charge in [0, 0.05) is 23.9 Å². The first-order valence-corrected chi connectivity index (χ1v) is 9.55. The molecule has 0 saturated carbocycles. The lowest BCUT2D eigenvalue weighted by Gasteiger charge is -2.07. The number of hydrogen-bond acceptors (Lipinski definition) is 5. The zero-order chi connectivity index (χ0) is 20.1. The van der Waals surface area contributed by atoms with Gasteiger partial charge in [-0.2, -0.15) is 0 Å². The highest BCUT2D eigenvalue weighted by Gasteiger charge is 2.14. The van der Waals surface area contributed by atoms with Crippen LogP contribution in [0.25, 0.3) is 11.3 Å². The van der Waals surface area contributed by atoms with Crippen LogP contribution >= 0.6 is 11.8 Å². The molecule has 3 aromatic rings. The molecule has 0 spiro atoms. The molecule has 0 bridgehead atoms. The maximum Gasteiger partial charge on any atom is 0.221 e. The summed E-state index contributed by atoms with van der Waals surface area (Å²) in [6.07, 6.45) is 0. The molecule has 0 aliphatic rings. The Morgan fingerprint density at radius 1 is 1.07 bits per heavy atom. The highest BCUT2D eigenvalue weighted by Crippen LogP contribution is 2.23. The number of Topliss-reactive ketones (excluding diaryl/α,β-unsaturated/α-hetero) is 1. The van der Waals surface area contributed by atoms with Gasteiger partial charge >= 0.3 is 0 Å². The number of carbonyl (C=O) groups excluding carboxylic acids is 2. The third kappa shape index (κ3) is 5.01. The highest BCUT2D eigenvalue weighted by molar-refractivity contribution is 7.99. The van der Waals surface area contributed by atoms with Crippen LogP contribution in [0.4, 0.5) is 10.1 Å². The quantitative estimate of drug-likeness (QED) is 0.377. The third-order valence-corrected chi connectivity index (χ3v) is 4.67. The van der Waals surface area contributed by atoms with Gasteiger partial charge in [-0.1, -0.05) is 42.1 Å². The number of aryl methyl sites for hydroxylation is 1. The van der Waals surface area contributed by atoms with E-state index in [0.717, 1.165) is 34.8 Å². The minimum Gasteiger partial charge on any atom is -0.326 e. The highest BCUT2D eigenvalue weighted by atomic mass is 32.2. The Labute approximate surface area is 166 Å². The summed E-state index contributed by atoms with van der Waals surface area (Å²) in [6.45, 7) is 3.19. The van der Waals surface area contributed by atoms with Crippen molar-refractivity contribution >= 4 is 29.1 Å². The number of ketones is 1. The Kier molecular flexibility index (Phi) is 6.16. The number of nitrogens with one attached hydrogen (secondary N) is 1. The predicted molar refractivity (Wildman–Crippen MR) is 108 cm³/mol. The fourth-order valence-corrected chi connectivity index (χ4v) is 3.38. The van der Waals surface area contributed by atoms with E-state index in [0.29, 0.717) is 10.8 Å². The topological polar surface area (TPSA) is 72.0 Å². The van der Waals surface area contributed by atoms with Gasteiger partial charge in [0.25, 0.3) is 0 Å². The maximum atomic E-state index is 14.2. The molecule has 7 heteroatoms. The molecule has 2 aromatic carbocycles. The van der Waals surface area contributed by atoms with E-state index in [4.69, 9.17) is 0 Å². The summed E-state index contributed by atoms with van der Waals surface area (Å²) in [7, 11) is 0. The van der Waals surface area contributed by atoms with E-state index in [9.17, 15) is 14.0 Å². The van der Waals surface area contributed by atoms with Crippen LogP contribution in [0.5, 0.6) is 0 Å². The van der Waals surface area contributed by atoms with Crippen LogP contribution in [0, 0.1) is 12.7 Å². The van der Waals surface area contributed by atoms with Crippen molar-refractivity contribution in [1.29, 1.82) is 0 Å². The summed E-state index contributed by atoms with van der Waals surface area (Å²) in [6, 6.07) is 15.6. The number of halogens is 1. The van der Waals surface area contributed by atoms with Crippen LogP contribution in [0.2, 0.25) is 0 Å². The first-order chi connectivity index (χ1) is 13.4. The molecule has 0 unspecified atom stereocenters. The molecule has 0 radical (unpaired) electrons. The van der Waals surface area contributed by atoms with E-state index >= 15 is 0 Å². The number of benzene rings is 2. The Morgan fingerprint density at radius 3 is 2.50 bits per heavy atom. The number of rotatable bonds is 6. The molecule has 1 amide bonds. The molecule has 28 heavy (non-hydrogen) atoms. The smallest absolute Gasteiger partial charge is 0.221 e. The number of carbonyl (C=O) groups is 2. The van der Waals surface area contributed by atoms with Crippen molar-refractivity contribution in [3.63, 3.8) is 0 Å².